The first-order valence-corrected chi connectivity index (χ1v) is 9.44. The molecule has 0 aromatic carbocycles. The predicted molar refractivity (Wildman–Crippen MR) is 95.0 cm³/mol. The molecule has 0 atom stereocenters. The summed E-state index contributed by atoms with van der Waals surface area (Å²) >= 11 is 2.79. The average molecular weight is 374 g/mol. The molecule has 128 valence electrons. The summed E-state index contributed by atoms with van der Waals surface area (Å²) in [6, 6.07) is 3.65. The van der Waals surface area contributed by atoms with E-state index in [1.54, 1.807) is 21.4 Å². The fourth-order valence-electron chi connectivity index (χ4n) is 2.13. The SMILES string of the molecule is c1cnc2nc(CCSOSCCc3nc4ncccn4n3)nn2c1. The van der Waals surface area contributed by atoms with E-state index < -0.39 is 0 Å². The van der Waals surface area contributed by atoms with Crippen LogP contribution in [0.2, 0.25) is 0 Å². The molecule has 0 bridgehead atoms. The Hall–Kier alpha value is -2.24. The Labute approximate surface area is 151 Å². The van der Waals surface area contributed by atoms with Crippen LogP contribution in [0.25, 0.3) is 11.6 Å². The molecule has 0 unspecified atom stereocenters. The highest BCUT2D eigenvalue weighted by Gasteiger charge is 2.06. The maximum Gasteiger partial charge on any atom is 0.252 e. The van der Waals surface area contributed by atoms with Gasteiger partial charge in [0.25, 0.3) is 11.6 Å². The minimum absolute atomic E-state index is 0.618. The van der Waals surface area contributed by atoms with E-state index in [0.717, 1.165) is 36.0 Å². The summed E-state index contributed by atoms with van der Waals surface area (Å²) in [5, 5.41) is 8.70. The summed E-state index contributed by atoms with van der Waals surface area (Å²) in [6.07, 6.45) is 8.54. The van der Waals surface area contributed by atoms with Gasteiger partial charge in [0.05, 0.1) is 0 Å². The summed E-state index contributed by atoms with van der Waals surface area (Å²) in [6.45, 7) is 0. The van der Waals surface area contributed by atoms with Gasteiger partial charge in [0, 0.05) is 73.2 Å². The van der Waals surface area contributed by atoms with Gasteiger partial charge in [-0.15, -0.1) is 10.2 Å². The first-order valence-electron chi connectivity index (χ1n) is 7.62. The largest absolute Gasteiger partial charge is 0.252 e. The molecule has 4 aromatic heterocycles. The standard InChI is InChI=1S/C14H14N8OS2/c1-5-15-13-17-11(19-21(13)7-1)3-9-24-23-25-10-4-12-18-14-16-6-2-8-22(14)20-12/h1-2,5-8H,3-4,9-10H2. The van der Waals surface area contributed by atoms with Crippen molar-refractivity contribution in [3.8, 4) is 0 Å². The van der Waals surface area contributed by atoms with Crippen molar-refractivity contribution in [3.05, 3.63) is 48.6 Å². The third-order valence-corrected chi connectivity index (χ3v) is 4.75. The monoisotopic (exact) mass is 374 g/mol. The van der Waals surface area contributed by atoms with Crippen molar-refractivity contribution in [2.24, 2.45) is 0 Å². The van der Waals surface area contributed by atoms with Gasteiger partial charge in [-0.1, -0.05) is 0 Å². The Morgan fingerprint density at radius 2 is 1.32 bits per heavy atom. The van der Waals surface area contributed by atoms with Crippen LogP contribution in [0.4, 0.5) is 0 Å². The van der Waals surface area contributed by atoms with Gasteiger partial charge in [0.2, 0.25) is 0 Å². The van der Waals surface area contributed by atoms with Crippen molar-refractivity contribution in [1.82, 2.24) is 39.2 Å². The van der Waals surface area contributed by atoms with E-state index in [9.17, 15) is 0 Å². The molecule has 0 saturated carbocycles. The molecule has 0 aliphatic carbocycles. The number of hydrogen-bond donors (Lipinski definition) is 0. The van der Waals surface area contributed by atoms with E-state index in [1.165, 1.54) is 24.1 Å². The fourth-order valence-corrected chi connectivity index (χ4v) is 3.48. The molecule has 0 spiro atoms. The molecule has 9 nitrogen and oxygen atoms in total. The zero-order valence-corrected chi connectivity index (χ0v) is 14.7. The summed E-state index contributed by atoms with van der Waals surface area (Å²) < 4.78 is 8.85. The molecule has 4 rings (SSSR count). The van der Waals surface area contributed by atoms with Crippen LogP contribution in [-0.4, -0.2) is 50.7 Å². The highest BCUT2D eigenvalue weighted by atomic mass is 32.2. The number of rotatable bonds is 8. The minimum Gasteiger partial charge on any atom is -0.247 e. The van der Waals surface area contributed by atoms with Gasteiger partial charge < -0.3 is 0 Å². The van der Waals surface area contributed by atoms with Crippen LogP contribution < -0.4 is 0 Å². The molecular weight excluding hydrogens is 360 g/mol. The molecule has 4 heterocycles. The molecule has 0 amide bonds. The lowest BCUT2D eigenvalue weighted by molar-refractivity contribution is 0.748. The third-order valence-electron chi connectivity index (χ3n) is 3.24. The van der Waals surface area contributed by atoms with Crippen LogP contribution >= 0.6 is 24.1 Å². The molecule has 0 N–H and O–H groups in total. The maximum absolute atomic E-state index is 5.50. The van der Waals surface area contributed by atoms with Crippen molar-refractivity contribution in [3.63, 3.8) is 0 Å². The Balaban J connectivity index is 1.15. The Morgan fingerprint density at radius 1 is 0.800 bits per heavy atom. The number of fused-ring (bicyclic) bond motifs is 2. The van der Waals surface area contributed by atoms with Crippen LogP contribution in [-0.2, 0) is 16.5 Å². The van der Waals surface area contributed by atoms with Crippen molar-refractivity contribution in [2.45, 2.75) is 12.8 Å². The van der Waals surface area contributed by atoms with Gasteiger partial charge in [-0.25, -0.2) is 22.6 Å². The second kappa shape index (κ2) is 7.76. The molecule has 0 aliphatic heterocycles. The Kier molecular flexibility index (Phi) is 5.04. The van der Waals surface area contributed by atoms with Crippen LogP contribution in [0.5, 0.6) is 0 Å². The molecule has 25 heavy (non-hydrogen) atoms. The normalized spacial score (nSPS) is 11.5. The lowest BCUT2D eigenvalue weighted by atomic mass is 10.5. The van der Waals surface area contributed by atoms with Crippen molar-refractivity contribution in [1.29, 1.82) is 0 Å². The van der Waals surface area contributed by atoms with Gasteiger partial charge >= 0.3 is 0 Å². The minimum atomic E-state index is 0.618. The van der Waals surface area contributed by atoms with Gasteiger partial charge in [-0.3, -0.25) is 0 Å². The first-order chi connectivity index (χ1) is 12.4. The molecule has 0 fully saturated rings. The summed E-state index contributed by atoms with van der Waals surface area (Å²) in [5.74, 6) is 4.32. The number of hydrogen-bond acceptors (Lipinski definition) is 9. The molecule has 4 aromatic rings. The van der Waals surface area contributed by atoms with Crippen LogP contribution in [0.1, 0.15) is 11.6 Å². The summed E-state index contributed by atoms with van der Waals surface area (Å²) in [7, 11) is 0. The van der Waals surface area contributed by atoms with E-state index in [-0.39, 0.29) is 0 Å². The maximum atomic E-state index is 5.50. The quantitative estimate of drug-likeness (QED) is 0.337. The van der Waals surface area contributed by atoms with Gasteiger partial charge in [0.15, 0.2) is 11.6 Å². The Bertz CT molecular complexity index is 827. The fraction of sp³-hybridized carbons (Fsp3) is 0.286. The third kappa shape index (κ3) is 4.06. The summed E-state index contributed by atoms with van der Waals surface area (Å²) in [4.78, 5) is 17.0. The molecule has 0 saturated heterocycles. The smallest absolute Gasteiger partial charge is 0.247 e. The van der Waals surface area contributed by atoms with Crippen molar-refractivity contribution in [2.75, 3.05) is 11.5 Å². The number of nitrogens with zero attached hydrogens (tertiary/aromatic N) is 8. The lowest BCUT2D eigenvalue weighted by Crippen LogP contribution is -1.94. The van der Waals surface area contributed by atoms with E-state index in [4.69, 9.17) is 3.63 Å². The summed E-state index contributed by atoms with van der Waals surface area (Å²) in [5.41, 5.74) is 0. The lowest BCUT2D eigenvalue weighted by Gasteiger charge is -1.98. The molecule has 0 radical (unpaired) electrons. The van der Waals surface area contributed by atoms with Gasteiger partial charge in [-0.05, 0) is 12.1 Å². The van der Waals surface area contributed by atoms with Crippen LogP contribution in [0.3, 0.4) is 0 Å². The van der Waals surface area contributed by atoms with E-state index in [2.05, 4.69) is 30.1 Å². The zero-order valence-electron chi connectivity index (χ0n) is 13.1. The van der Waals surface area contributed by atoms with Crippen molar-refractivity contribution < 1.29 is 3.63 Å². The second-order valence-electron chi connectivity index (χ2n) is 5.00. The van der Waals surface area contributed by atoms with E-state index in [0.29, 0.717) is 11.6 Å². The molecule has 11 heteroatoms. The van der Waals surface area contributed by atoms with Gasteiger partial charge in [-0.2, -0.15) is 9.97 Å². The Morgan fingerprint density at radius 3 is 1.80 bits per heavy atom. The number of aryl methyl sites for hydroxylation is 2. The second-order valence-corrected chi connectivity index (χ2v) is 6.83. The van der Waals surface area contributed by atoms with Gasteiger partial charge in [0.1, 0.15) is 0 Å². The zero-order chi connectivity index (χ0) is 16.9. The van der Waals surface area contributed by atoms with E-state index in [1.807, 2.05) is 24.5 Å². The van der Waals surface area contributed by atoms with Crippen LogP contribution in [0.15, 0.2) is 36.9 Å². The highest BCUT2D eigenvalue weighted by molar-refractivity contribution is 8.07. The first kappa shape index (κ1) is 16.2. The van der Waals surface area contributed by atoms with E-state index >= 15 is 0 Å². The van der Waals surface area contributed by atoms with Crippen LogP contribution in [0, 0.1) is 0 Å². The predicted octanol–water partition coefficient (Wildman–Crippen LogP) is 1.66. The topological polar surface area (TPSA) is 95.4 Å². The molecular formula is C14H14N8OS2. The average Bonchev–Trinajstić information content (AvgIpc) is 3.23. The van der Waals surface area contributed by atoms with Crippen molar-refractivity contribution >= 4 is 35.6 Å². The molecule has 0 aliphatic rings. The number of aromatic nitrogens is 8. The highest BCUT2D eigenvalue weighted by Crippen LogP contribution is 2.16.